The maximum Gasteiger partial charge on any atom is 0.307 e. The third-order valence-electron chi connectivity index (χ3n) is 2.47. The minimum absolute atomic E-state index is 0.0114. The van der Waals surface area contributed by atoms with Gasteiger partial charge in [0.1, 0.15) is 18.5 Å². The van der Waals surface area contributed by atoms with Crippen LogP contribution in [0.4, 0.5) is 0 Å². The summed E-state index contributed by atoms with van der Waals surface area (Å²) in [4.78, 5) is 10.5. The molecule has 80 valence electrons. The van der Waals surface area contributed by atoms with Crippen LogP contribution in [0.1, 0.15) is 6.42 Å². The first-order valence-corrected chi connectivity index (χ1v) is 4.78. The Hall–Kier alpha value is -1.55. The minimum Gasteiger partial charge on any atom is -0.488 e. The lowest BCUT2D eigenvalue weighted by molar-refractivity contribution is -0.136. The number of fused-ring (bicyclic) bond motifs is 1. The SMILES string of the molecule is O=C(O)CC1=CC2OC(CO)=CC2C=C1. The van der Waals surface area contributed by atoms with Crippen LogP contribution >= 0.6 is 0 Å². The molecule has 0 aromatic heterocycles. The molecule has 2 aliphatic rings. The number of aliphatic hydroxyl groups is 1. The highest BCUT2D eigenvalue weighted by Crippen LogP contribution is 2.30. The largest absolute Gasteiger partial charge is 0.488 e. The van der Waals surface area contributed by atoms with Gasteiger partial charge in [-0.2, -0.15) is 0 Å². The highest BCUT2D eigenvalue weighted by molar-refractivity contribution is 5.71. The molecule has 15 heavy (non-hydrogen) atoms. The van der Waals surface area contributed by atoms with Gasteiger partial charge in [0.05, 0.1) is 6.42 Å². The van der Waals surface area contributed by atoms with Crippen molar-refractivity contribution >= 4 is 5.97 Å². The number of hydrogen-bond donors (Lipinski definition) is 2. The van der Waals surface area contributed by atoms with Crippen LogP contribution in [0.25, 0.3) is 0 Å². The zero-order valence-corrected chi connectivity index (χ0v) is 8.09. The first-order valence-electron chi connectivity index (χ1n) is 4.78. The molecule has 0 fully saturated rings. The van der Waals surface area contributed by atoms with Crippen LogP contribution in [-0.4, -0.2) is 28.9 Å². The smallest absolute Gasteiger partial charge is 0.307 e. The van der Waals surface area contributed by atoms with Crippen LogP contribution in [0.2, 0.25) is 0 Å². The Morgan fingerprint density at radius 2 is 2.27 bits per heavy atom. The quantitative estimate of drug-likeness (QED) is 0.721. The first-order chi connectivity index (χ1) is 7.19. The van der Waals surface area contributed by atoms with Gasteiger partial charge in [-0.05, 0) is 17.7 Å². The molecule has 1 aliphatic carbocycles. The summed E-state index contributed by atoms with van der Waals surface area (Å²) >= 11 is 0. The fourth-order valence-corrected chi connectivity index (χ4v) is 1.80. The predicted molar refractivity (Wildman–Crippen MR) is 53.0 cm³/mol. The second kappa shape index (κ2) is 3.90. The van der Waals surface area contributed by atoms with Crippen molar-refractivity contribution in [3.05, 3.63) is 35.6 Å². The Bertz CT molecular complexity index is 365. The molecule has 2 atom stereocenters. The Morgan fingerprint density at radius 3 is 2.93 bits per heavy atom. The molecule has 0 aromatic carbocycles. The summed E-state index contributed by atoms with van der Waals surface area (Å²) < 4.78 is 5.42. The second-order valence-electron chi connectivity index (χ2n) is 3.62. The number of ether oxygens (including phenoxy) is 1. The van der Waals surface area contributed by atoms with Gasteiger partial charge in [0.25, 0.3) is 0 Å². The third kappa shape index (κ3) is 2.10. The average molecular weight is 208 g/mol. The van der Waals surface area contributed by atoms with Crippen LogP contribution < -0.4 is 0 Å². The molecule has 4 heteroatoms. The van der Waals surface area contributed by atoms with E-state index in [1.807, 2.05) is 12.2 Å². The van der Waals surface area contributed by atoms with E-state index in [1.54, 1.807) is 12.2 Å². The van der Waals surface area contributed by atoms with E-state index >= 15 is 0 Å². The van der Waals surface area contributed by atoms with Gasteiger partial charge in [-0.1, -0.05) is 12.2 Å². The van der Waals surface area contributed by atoms with Gasteiger partial charge in [-0.3, -0.25) is 4.79 Å². The zero-order valence-electron chi connectivity index (χ0n) is 8.09. The number of aliphatic hydroxyl groups excluding tert-OH is 1. The van der Waals surface area contributed by atoms with Crippen molar-refractivity contribution in [1.29, 1.82) is 0 Å². The molecule has 0 amide bonds. The van der Waals surface area contributed by atoms with Crippen molar-refractivity contribution in [3.63, 3.8) is 0 Å². The monoisotopic (exact) mass is 208 g/mol. The van der Waals surface area contributed by atoms with Crippen LogP contribution in [0.5, 0.6) is 0 Å². The summed E-state index contributed by atoms with van der Waals surface area (Å²) in [6.45, 7) is -0.108. The number of aliphatic carboxylic acids is 1. The highest BCUT2D eigenvalue weighted by Gasteiger charge is 2.27. The molecule has 0 aromatic rings. The van der Waals surface area contributed by atoms with Crippen molar-refractivity contribution in [2.24, 2.45) is 5.92 Å². The molecule has 2 unspecified atom stereocenters. The van der Waals surface area contributed by atoms with E-state index in [1.165, 1.54) is 0 Å². The molecular formula is C11H12O4. The van der Waals surface area contributed by atoms with Crippen molar-refractivity contribution in [1.82, 2.24) is 0 Å². The topological polar surface area (TPSA) is 66.8 Å². The van der Waals surface area contributed by atoms with Gasteiger partial charge >= 0.3 is 5.97 Å². The molecule has 1 aliphatic heterocycles. The number of allylic oxidation sites excluding steroid dienone is 1. The van der Waals surface area contributed by atoms with Gasteiger partial charge in [-0.25, -0.2) is 0 Å². The summed E-state index contributed by atoms with van der Waals surface area (Å²) in [7, 11) is 0. The van der Waals surface area contributed by atoms with Gasteiger partial charge in [0.15, 0.2) is 0 Å². The Morgan fingerprint density at radius 1 is 1.47 bits per heavy atom. The lowest BCUT2D eigenvalue weighted by Crippen LogP contribution is -2.16. The Balaban J connectivity index is 2.07. The maximum absolute atomic E-state index is 10.5. The van der Waals surface area contributed by atoms with E-state index in [-0.39, 0.29) is 25.0 Å². The number of carbonyl (C=O) groups is 1. The van der Waals surface area contributed by atoms with E-state index < -0.39 is 5.97 Å². The lowest BCUT2D eigenvalue weighted by Gasteiger charge is -2.17. The van der Waals surface area contributed by atoms with E-state index in [2.05, 4.69) is 0 Å². The molecule has 1 heterocycles. The highest BCUT2D eigenvalue weighted by atomic mass is 16.5. The normalized spacial score (nSPS) is 27.8. The fourth-order valence-electron chi connectivity index (χ4n) is 1.80. The molecule has 0 spiro atoms. The maximum atomic E-state index is 10.5. The van der Waals surface area contributed by atoms with E-state index in [0.717, 1.165) is 5.57 Å². The second-order valence-corrected chi connectivity index (χ2v) is 3.62. The van der Waals surface area contributed by atoms with Crippen molar-refractivity contribution in [2.45, 2.75) is 12.5 Å². The van der Waals surface area contributed by atoms with Crippen molar-refractivity contribution in [3.8, 4) is 0 Å². The van der Waals surface area contributed by atoms with E-state index in [0.29, 0.717) is 5.76 Å². The summed E-state index contributed by atoms with van der Waals surface area (Å²) in [6, 6.07) is 0. The van der Waals surface area contributed by atoms with Crippen LogP contribution in [0.3, 0.4) is 0 Å². The van der Waals surface area contributed by atoms with Crippen LogP contribution in [0, 0.1) is 5.92 Å². The molecule has 0 saturated heterocycles. The number of carboxylic acids is 1. The standard InChI is InChI=1S/C11H12O4/c12-6-9-5-8-2-1-7(4-11(13)14)3-10(8)15-9/h1-3,5,8,10,12H,4,6H2,(H,13,14). The van der Waals surface area contributed by atoms with Crippen molar-refractivity contribution in [2.75, 3.05) is 6.61 Å². The Kier molecular flexibility index (Phi) is 2.60. The van der Waals surface area contributed by atoms with Crippen molar-refractivity contribution < 1.29 is 19.7 Å². The molecule has 0 saturated carbocycles. The van der Waals surface area contributed by atoms with E-state index in [9.17, 15) is 4.79 Å². The zero-order chi connectivity index (χ0) is 10.8. The Labute approximate surface area is 87.2 Å². The minimum atomic E-state index is -0.849. The molecule has 0 radical (unpaired) electrons. The number of rotatable bonds is 3. The van der Waals surface area contributed by atoms with E-state index in [4.69, 9.17) is 14.9 Å². The molecule has 4 nitrogen and oxygen atoms in total. The summed E-state index contributed by atoms with van der Waals surface area (Å²) in [5, 5.41) is 17.5. The van der Waals surface area contributed by atoms with Gasteiger partial charge < -0.3 is 14.9 Å². The number of hydrogen-bond acceptors (Lipinski definition) is 3. The van der Waals surface area contributed by atoms with Gasteiger partial charge in [0, 0.05) is 5.92 Å². The predicted octanol–water partition coefficient (Wildman–Crippen LogP) is 0.849. The summed E-state index contributed by atoms with van der Waals surface area (Å²) in [5.41, 5.74) is 0.747. The molecular weight excluding hydrogens is 196 g/mol. The summed E-state index contributed by atoms with van der Waals surface area (Å²) in [5.74, 6) is -0.162. The van der Waals surface area contributed by atoms with Crippen LogP contribution in [0.15, 0.2) is 35.6 Å². The fraction of sp³-hybridized carbons (Fsp3) is 0.364. The number of carboxylic acid groups (broad SMARTS) is 1. The van der Waals surface area contributed by atoms with Gasteiger partial charge in [-0.15, -0.1) is 0 Å². The first kappa shape index (κ1) is 9.98. The average Bonchev–Trinajstić information content (AvgIpc) is 2.58. The molecule has 0 bridgehead atoms. The summed E-state index contributed by atoms with van der Waals surface area (Å²) in [6.07, 6.45) is 7.23. The lowest BCUT2D eigenvalue weighted by atomic mass is 9.93. The molecule has 2 rings (SSSR count). The third-order valence-corrected chi connectivity index (χ3v) is 2.47. The van der Waals surface area contributed by atoms with Crippen LogP contribution in [-0.2, 0) is 9.53 Å². The van der Waals surface area contributed by atoms with Gasteiger partial charge in [0.2, 0.25) is 0 Å². The molecule has 2 N–H and O–H groups in total.